The van der Waals surface area contributed by atoms with Crippen molar-refractivity contribution in [2.75, 3.05) is 13.2 Å². The molecule has 0 aliphatic rings. The maximum Gasteiger partial charge on any atom is 0.134 e. The number of nitrogens with one attached hydrogen (secondary N) is 1. The van der Waals surface area contributed by atoms with Crippen LogP contribution in [0.15, 0.2) is 34.9 Å². The molecule has 2 N–H and O–H groups in total. The van der Waals surface area contributed by atoms with E-state index in [2.05, 4.69) is 11.4 Å². The Kier molecular flexibility index (Phi) is 3.37. The molecule has 0 aliphatic heterocycles. The first-order valence-corrected chi connectivity index (χ1v) is 5.18. The molecular weight excluding hydrogens is 190 g/mol. The lowest BCUT2D eigenvalue weighted by Gasteiger charge is -2.00. The third-order valence-electron chi connectivity index (χ3n) is 2.39. The van der Waals surface area contributed by atoms with Crippen LogP contribution in [0.3, 0.4) is 0 Å². The summed E-state index contributed by atoms with van der Waals surface area (Å²) < 4.78 is 5.42. The highest BCUT2D eigenvalue weighted by Gasteiger charge is 2.03. The van der Waals surface area contributed by atoms with Gasteiger partial charge in [0.05, 0.1) is 6.26 Å². The summed E-state index contributed by atoms with van der Waals surface area (Å²) in [5.74, 6) is 0. The molecule has 3 heteroatoms. The number of furan rings is 1. The maximum atomic E-state index is 8.64. The summed E-state index contributed by atoms with van der Waals surface area (Å²) in [6.45, 7) is 1.85. The SMILES string of the molecule is OCCCNCc1coc2ccccc12. The Labute approximate surface area is 88.7 Å². The number of aliphatic hydroxyl groups is 1. The molecule has 0 saturated carbocycles. The lowest BCUT2D eigenvalue weighted by atomic mass is 10.2. The summed E-state index contributed by atoms with van der Waals surface area (Å²) in [5, 5.41) is 13.1. The van der Waals surface area contributed by atoms with E-state index in [0.717, 1.165) is 30.5 Å². The van der Waals surface area contributed by atoms with Crippen molar-refractivity contribution in [1.82, 2.24) is 5.32 Å². The average Bonchev–Trinajstić information content (AvgIpc) is 2.68. The van der Waals surface area contributed by atoms with E-state index in [4.69, 9.17) is 9.52 Å². The fourth-order valence-corrected chi connectivity index (χ4v) is 1.60. The lowest BCUT2D eigenvalue weighted by molar-refractivity contribution is 0.286. The van der Waals surface area contributed by atoms with E-state index in [1.54, 1.807) is 6.26 Å². The zero-order valence-corrected chi connectivity index (χ0v) is 8.57. The Morgan fingerprint density at radius 3 is 3.00 bits per heavy atom. The molecule has 0 fully saturated rings. The Morgan fingerprint density at radius 2 is 2.13 bits per heavy atom. The van der Waals surface area contributed by atoms with Crippen molar-refractivity contribution in [3.05, 3.63) is 36.1 Å². The molecule has 0 spiro atoms. The van der Waals surface area contributed by atoms with Crippen molar-refractivity contribution in [3.63, 3.8) is 0 Å². The quantitative estimate of drug-likeness (QED) is 0.733. The molecule has 2 rings (SSSR count). The molecule has 3 nitrogen and oxygen atoms in total. The van der Waals surface area contributed by atoms with E-state index in [1.807, 2.05) is 18.2 Å². The summed E-state index contributed by atoms with van der Waals surface area (Å²) in [6.07, 6.45) is 2.58. The van der Waals surface area contributed by atoms with Gasteiger partial charge in [0.15, 0.2) is 0 Å². The van der Waals surface area contributed by atoms with E-state index in [0.29, 0.717) is 0 Å². The third-order valence-corrected chi connectivity index (χ3v) is 2.39. The van der Waals surface area contributed by atoms with E-state index in [1.165, 1.54) is 5.56 Å². The van der Waals surface area contributed by atoms with E-state index < -0.39 is 0 Å². The molecule has 15 heavy (non-hydrogen) atoms. The fraction of sp³-hybridized carbons (Fsp3) is 0.333. The highest BCUT2D eigenvalue weighted by Crippen LogP contribution is 2.20. The van der Waals surface area contributed by atoms with Crippen LogP contribution < -0.4 is 5.32 Å². The normalized spacial score (nSPS) is 11.0. The first-order valence-electron chi connectivity index (χ1n) is 5.18. The van der Waals surface area contributed by atoms with E-state index >= 15 is 0 Å². The van der Waals surface area contributed by atoms with Gasteiger partial charge in [-0.1, -0.05) is 18.2 Å². The summed E-state index contributed by atoms with van der Waals surface area (Å²) in [5.41, 5.74) is 2.10. The second kappa shape index (κ2) is 4.96. The van der Waals surface area contributed by atoms with Crippen LogP contribution in [0.4, 0.5) is 0 Å². The number of aliphatic hydroxyl groups excluding tert-OH is 1. The van der Waals surface area contributed by atoms with Crippen molar-refractivity contribution < 1.29 is 9.52 Å². The smallest absolute Gasteiger partial charge is 0.134 e. The number of hydrogen-bond donors (Lipinski definition) is 2. The van der Waals surface area contributed by atoms with Crippen LogP contribution in [0.25, 0.3) is 11.0 Å². The Morgan fingerprint density at radius 1 is 1.27 bits per heavy atom. The minimum atomic E-state index is 0.235. The predicted molar refractivity (Wildman–Crippen MR) is 59.6 cm³/mol. The van der Waals surface area contributed by atoms with Gasteiger partial charge in [0.2, 0.25) is 0 Å². The van der Waals surface area contributed by atoms with Gasteiger partial charge in [-0.25, -0.2) is 0 Å². The molecule has 1 aromatic heterocycles. The molecule has 0 unspecified atom stereocenters. The molecule has 0 aliphatic carbocycles. The van der Waals surface area contributed by atoms with Crippen LogP contribution in [0.1, 0.15) is 12.0 Å². The highest BCUT2D eigenvalue weighted by atomic mass is 16.3. The van der Waals surface area contributed by atoms with Gasteiger partial charge < -0.3 is 14.8 Å². The summed E-state index contributed by atoms with van der Waals surface area (Å²) in [7, 11) is 0. The first-order chi connectivity index (χ1) is 7.42. The van der Waals surface area contributed by atoms with Crippen LogP contribution in [0, 0.1) is 0 Å². The van der Waals surface area contributed by atoms with Gasteiger partial charge in [-0.05, 0) is 19.0 Å². The second-order valence-corrected chi connectivity index (χ2v) is 3.51. The van der Waals surface area contributed by atoms with Gasteiger partial charge in [-0.3, -0.25) is 0 Å². The number of benzene rings is 1. The molecule has 1 heterocycles. The van der Waals surface area contributed by atoms with Gasteiger partial charge in [0.1, 0.15) is 5.58 Å². The molecule has 80 valence electrons. The standard InChI is InChI=1S/C12H15NO2/c14-7-3-6-13-8-10-9-15-12-5-2-1-4-11(10)12/h1-2,4-5,9,13-14H,3,6-8H2. The molecule has 1 aromatic carbocycles. The Balaban J connectivity index is 2.02. The van der Waals surface area contributed by atoms with Crippen molar-refractivity contribution in [2.45, 2.75) is 13.0 Å². The number of fused-ring (bicyclic) bond motifs is 1. The first kappa shape index (κ1) is 10.2. The Hall–Kier alpha value is -1.32. The number of para-hydroxylation sites is 1. The van der Waals surface area contributed by atoms with Crippen LogP contribution >= 0.6 is 0 Å². The van der Waals surface area contributed by atoms with Gasteiger partial charge in [-0.15, -0.1) is 0 Å². The number of hydrogen-bond acceptors (Lipinski definition) is 3. The largest absolute Gasteiger partial charge is 0.464 e. The molecular formula is C12H15NO2. The van der Waals surface area contributed by atoms with Crippen LogP contribution in [0.2, 0.25) is 0 Å². The monoisotopic (exact) mass is 205 g/mol. The fourth-order valence-electron chi connectivity index (χ4n) is 1.60. The van der Waals surface area contributed by atoms with Crippen molar-refractivity contribution in [1.29, 1.82) is 0 Å². The maximum absolute atomic E-state index is 8.64. The van der Waals surface area contributed by atoms with Gasteiger partial charge in [0, 0.05) is 24.1 Å². The minimum absolute atomic E-state index is 0.235. The molecule has 0 bridgehead atoms. The Bertz CT molecular complexity index is 422. The zero-order chi connectivity index (χ0) is 10.5. The van der Waals surface area contributed by atoms with Crippen LogP contribution in [0.5, 0.6) is 0 Å². The second-order valence-electron chi connectivity index (χ2n) is 3.51. The highest BCUT2D eigenvalue weighted by molar-refractivity contribution is 5.80. The third kappa shape index (κ3) is 2.37. The summed E-state index contributed by atoms with van der Waals surface area (Å²) >= 11 is 0. The van der Waals surface area contributed by atoms with Crippen molar-refractivity contribution in [2.24, 2.45) is 0 Å². The minimum Gasteiger partial charge on any atom is -0.464 e. The van der Waals surface area contributed by atoms with Gasteiger partial charge in [0.25, 0.3) is 0 Å². The summed E-state index contributed by atoms with van der Waals surface area (Å²) in [6, 6.07) is 8.00. The zero-order valence-electron chi connectivity index (χ0n) is 8.57. The molecule has 0 atom stereocenters. The average molecular weight is 205 g/mol. The lowest BCUT2D eigenvalue weighted by Crippen LogP contribution is -2.15. The molecule has 0 saturated heterocycles. The molecule has 0 amide bonds. The molecule has 0 radical (unpaired) electrons. The van der Waals surface area contributed by atoms with Crippen LogP contribution in [-0.2, 0) is 6.54 Å². The van der Waals surface area contributed by atoms with Crippen molar-refractivity contribution in [3.8, 4) is 0 Å². The van der Waals surface area contributed by atoms with E-state index in [9.17, 15) is 0 Å². The van der Waals surface area contributed by atoms with Crippen LogP contribution in [-0.4, -0.2) is 18.3 Å². The topological polar surface area (TPSA) is 45.4 Å². The summed E-state index contributed by atoms with van der Waals surface area (Å²) in [4.78, 5) is 0. The van der Waals surface area contributed by atoms with E-state index in [-0.39, 0.29) is 6.61 Å². The van der Waals surface area contributed by atoms with Gasteiger partial charge in [-0.2, -0.15) is 0 Å². The van der Waals surface area contributed by atoms with Crippen molar-refractivity contribution >= 4 is 11.0 Å². The van der Waals surface area contributed by atoms with Gasteiger partial charge >= 0.3 is 0 Å². The number of rotatable bonds is 5. The molecule has 2 aromatic rings. The predicted octanol–water partition coefficient (Wildman–Crippen LogP) is 1.90.